The summed E-state index contributed by atoms with van der Waals surface area (Å²) in [4.78, 5) is 10.3. The summed E-state index contributed by atoms with van der Waals surface area (Å²) in [7, 11) is 0. The highest BCUT2D eigenvalue weighted by Crippen LogP contribution is 2.09. The Morgan fingerprint density at radius 2 is 2.27 bits per heavy atom. The van der Waals surface area contributed by atoms with Crippen molar-refractivity contribution in [3.63, 3.8) is 0 Å². The molecule has 0 radical (unpaired) electrons. The van der Waals surface area contributed by atoms with Gasteiger partial charge in [-0.15, -0.1) is 10.2 Å². The number of aromatic nitrogens is 3. The zero-order chi connectivity index (χ0) is 11.3. The van der Waals surface area contributed by atoms with Gasteiger partial charge in [0.05, 0.1) is 0 Å². The number of nitrogens with zero attached hydrogens (tertiary/aromatic N) is 3. The summed E-state index contributed by atoms with van der Waals surface area (Å²) in [5.41, 5.74) is 0. The molecule has 0 unspecified atom stereocenters. The fourth-order valence-electron chi connectivity index (χ4n) is 1.44. The molecule has 0 aliphatic rings. The summed E-state index contributed by atoms with van der Waals surface area (Å²) in [6.07, 6.45) is 4.29. The monoisotopic (exact) mass is 211 g/mol. The molecule has 5 heteroatoms. The van der Waals surface area contributed by atoms with Crippen LogP contribution in [0.1, 0.15) is 45.0 Å². The van der Waals surface area contributed by atoms with Crippen molar-refractivity contribution < 1.29 is 9.90 Å². The summed E-state index contributed by atoms with van der Waals surface area (Å²) in [6, 6.07) is 0.356. The highest BCUT2D eigenvalue weighted by molar-refractivity contribution is 5.66. The average Bonchev–Trinajstić information content (AvgIpc) is 2.60. The minimum absolute atomic E-state index is 0.232. The molecule has 5 nitrogen and oxygen atoms in total. The van der Waals surface area contributed by atoms with Crippen LogP contribution in [0.2, 0.25) is 0 Å². The van der Waals surface area contributed by atoms with E-state index in [2.05, 4.69) is 24.0 Å². The Bertz CT molecular complexity index is 320. The van der Waals surface area contributed by atoms with Crippen LogP contribution in [0, 0.1) is 0 Å². The maximum atomic E-state index is 10.3. The van der Waals surface area contributed by atoms with Crippen LogP contribution in [0.25, 0.3) is 0 Å². The van der Waals surface area contributed by atoms with E-state index in [-0.39, 0.29) is 6.42 Å². The van der Waals surface area contributed by atoms with Gasteiger partial charge in [0.15, 0.2) is 0 Å². The van der Waals surface area contributed by atoms with E-state index < -0.39 is 5.97 Å². The van der Waals surface area contributed by atoms with Crippen molar-refractivity contribution in [2.75, 3.05) is 0 Å². The maximum Gasteiger partial charge on any atom is 0.303 e. The molecule has 1 aromatic heterocycles. The lowest BCUT2D eigenvalue weighted by molar-refractivity contribution is -0.137. The second kappa shape index (κ2) is 5.48. The van der Waals surface area contributed by atoms with Crippen molar-refractivity contribution in [3.8, 4) is 0 Å². The van der Waals surface area contributed by atoms with Crippen molar-refractivity contribution in [2.24, 2.45) is 0 Å². The Labute approximate surface area is 89.1 Å². The Morgan fingerprint density at radius 1 is 1.53 bits per heavy atom. The lowest BCUT2D eigenvalue weighted by Gasteiger charge is -2.09. The molecule has 0 spiro atoms. The third kappa shape index (κ3) is 3.69. The molecule has 1 heterocycles. The number of unbranched alkanes of at least 4 members (excludes halogenated alkanes) is 1. The summed E-state index contributed by atoms with van der Waals surface area (Å²) in [5, 5.41) is 16.4. The summed E-state index contributed by atoms with van der Waals surface area (Å²) < 4.78 is 2.01. The van der Waals surface area contributed by atoms with E-state index in [4.69, 9.17) is 5.11 Å². The van der Waals surface area contributed by atoms with Crippen LogP contribution in [0.4, 0.5) is 0 Å². The predicted octanol–water partition coefficient (Wildman–Crippen LogP) is 1.66. The van der Waals surface area contributed by atoms with Crippen LogP contribution in [-0.4, -0.2) is 25.8 Å². The van der Waals surface area contributed by atoms with Crippen molar-refractivity contribution in [3.05, 3.63) is 12.2 Å². The highest BCUT2D eigenvalue weighted by Gasteiger charge is 2.06. The number of aliphatic carboxylic acids is 1. The Kier molecular flexibility index (Phi) is 4.27. The van der Waals surface area contributed by atoms with E-state index in [1.54, 1.807) is 6.33 Å². The van der Waals surface area contributed by atoms with Crippen molar-refractivity contribution >= 4 is 5.97 Å². The predicted molar refractivity (Wildman–Crippen MR) is 55.6 cm³/mol. The quantitative estimate of drug-likeness (QED) is 0.726. The van der Waals surface area contributed by atoms with Crippen LogP contribution in [-0.2, 0) is 11.2 Å². The highest BCUT2D eigenvalue weighted by atomic mass is 16.4. The molecule has 0 aliphatic carbocycles. The molecule has 0 aromatic carbocycles. The van der Waals surface area contributed by atoms with E-state index in [1.807, 2.05) is 4.57 Å². The van der Waals surface area contributed by atoms with Gasteiger partial charge in [0.2, 0.25) is 0 Å². The van der Waals surface area contributed by atoms with Crippen LogP contribution >= 0.6 is 0 Å². The smallest absolute Gasteiger partial charge is 0.303 e. The Hall–Kier alpha value is -1.39. The minimum atomic E-state index is -0.736. The summed E-state index contributed by atoms with van der Waals surface area (Å²) >= 11 is 0. The molecule has 0 atom stereocenters. The molecule has 84 valence electrons. The van der Waals surface area contributed by atoms with Crippen LogP contribution in [0.5, 0.6) is 0 Å². The van der Waals surface area contributed by atoms with Crippen LogP contribution in [0.3, 0.4) is 0 Å². The second-order valence-electron chi connectivity index (χ2n) is 3.85. The van der Waals surface area contributed by atoms with Gasteiger partial charge >= 0.3 is 5.97 Å². The SMILES string of the molecule is CC(C)n1cnnc1CCCCC(=O)O. The van der Waals surface area contributed by atoms with Gasteiger partial charge in [-0.05, 0) is 26.7 Å². The lowest BCUT2D eigenvalue weighted by Crippen LogP contribution is -2.05. The van der Waals surface area contributed by atoms with Gasteiger partial charge < -0.3 is 9.67 Å². The third-order valence-corrected chi connectivity index (χ3v) is 2.24. The zero-order valence-electron chi connectivity index (χ0n) is 9.18. The summed E-state index contributed by atoms with van der Waals surface area (Å²) in [5.74, 6) is 0.204. The van der Waals surface area contributed by atoms with Gasteiger partial charge in [0, 0.05) is 18.9 Å². The van der Waals surface area contributed by atoms with E-state index >= 15 is 0 Å². The van der Waals surface area contributed by atoms with Crippen molar-refractivity contribution in [1.82, 2.24) is 14.8 Å². The lowest BCUT2D eigenvalue weighted by atomic mass is 10.2. The zero-order valence-corrected chi connectivity index (χ0v) is 9.18. The molecule has 0 bridgehead atoms. The van der Waals surface area contributed by atoms with Gasteiger partial charge in [-0.25, -0.2) is 0 Å². The van der Waals surface area contributed by atoms with Crippen molar-refractivity contribution in [2.45, 2.75) is 45.6 Å². The number of hydrogen-bond acceptors (Lipinski definition) is 3. The largest absolute Gasteiger partial charge is 0.481 e. The third-order valence-electron chi connectivity index (χ3n) is 2.24. The molecule has 0 fully saturated rings. The molecule has 0 amide bonds. The van der Waals surface area contributed by atoms with E-state index in [0.29, 0.717) is 12.5 Å². The number of carboxylic acids is 1. The molecule has 1 N–H and O–H groups in total. The van der Waals surface area contributed by atoms with Crippen LogP contribution in [0.15, 0.2) is 6.33 Å². The van der Waals surface area contributed by atoms with E-state index in [9.17, 15) is 4.79 Å². The molecule has 0 aliphatic heterocycles. The molecule has 0 saturated carbocycles. The first-order chi connectivity index (χ1) is 7.11. The second-order valence-corrected chi connectivity index (χ2v) is 3.85. The first-order valence-electron chi connectivity index (χ1n) is 5.21. The average molecular weight is 211 g/mol. The molecular formula is C10H17N3O2. The molecule has 15 heavy (non-hydrogen) atoms. The Morgan fingerprint density at radius 3 is 2.87 bits per heavy atom. The van der Waals surface area contributed by atoms with Gasteiger partial charge in [-0.1, -0.05) is 0 Å². The fourth-order valence-corrected chi connectivity index (χ4v) is 1.44. The van der Waals surface area contributed by atoms with Gasteiger partial charge in [-0.3, -0.25) is 4.79 Å². The number of carbonyl (C=O) groups is 1. The van der Waals surface area contributed by atoms with E-state index in [1.165, 1.54) is 0 Å². The number of aryl methyl sites for hydroxylation is 1. The first-order valence-corrected chi connectivity index (χ1v) is 5.21. The number of rotatable bonds is 6. The van der Waals surface area contributed by atoms with Crippen LogP contribution < -0.4 is 0 Å². The van der Waals surface area contributed by atoms with Gasteiger partial charge in [-0.2, -0.15) is 0 Å². The molecule has 0 saturated heterocycles. The van der Waals surface area contributed by atoms with Crippen molar-refractivity contribution in [1.29, 1.82) is 0 Å². The number of carboxylic acid groups (broad SMARTS) is 1. The first kappa shape index (κ1) is 11.7. The van der Waals surface area contributed by atoms with E-state index in [0.717, 1.165) is 18.7 Å². The minimum Gasteiger partial charge on any atom is -0.481 e. The molecule has 1 aromatic rings. The molecule has 1 rings (SSSR count). The topological polar surface area (TPSA) is 68.0 Å². The standard InChI is InChI=1S/C10H17N3O2/c1-8(2)13-7-11-12-9(13)5-3-4-6-10(14)15/h7-8H,3-6H2,1-2H3,(H,14,15). The molecular weight excluding hydrogens is 194 g/mol. The number of hydrogen-bond donors (Lipinski definition) is 1. The maximum absolute atomic E-state index is 10.3. The Balaban J connectivity index is 2.37. The fraction of sp³-hybridized carbons (Fsp3) is 0.700. The van der Waals surface area contributed by atoms with Gasteiger partial charge in [0.1, 0.15) is 12.2 Å². The van der Waals surface area contributed by atoms with Gasteiger partial charge in [0.25, 0.3) is 0 Å². The normalized spacial score (nSPS) is 10.9. The summed E-state index contributed by atoms with van der Waals surface area (Å²) in [6.45, 7) is 4.15.